The zero-order valence-electron chi connectivity index (χ0n) is 52.8. The van der Waals surface area contributed by atoms with Crippen molar-refractivity contribution in [2.45, 2.75) is 135 Å². The van der Waals surface area contributed by atoms with Gasteiger partial charge in [0.2, 0.25) is 0 Å². The molecular weight excluding hydrogens is 1180 g/mol. The first kappa shape index (κ1) is 80.4. The molecule has 10 nitrogen and oxygen atoms in total. The highest BCUT2D eigenvalue weighted by Gasteiger charge is 1.92. The van der Waals surface area contributed by atoms with Crippen LogP contribution in [0.5, 0.6) is 0 Å². The second-order valence-electron chi connectivity index (χ2n) is 19.3. The molecule has 0 aromatic heterocycles. The molecule has 486 valence electrons. The maximum absolute atomic E-state index is 4.98. The van der Waals surface area contributed by atoms with E-state index in [1.165, 1.54) is 131 Å². The number of rotatable bonds is 0. The number of hydrogen-bond acceptors (Lipinski definition) is 15. The lowest BCUT2D eigenvalue weighted by Gasteiger charge is -2.02. The van der Waals surface area contributed by atoms with Gasteiger partial charge in [0.05, 0.1) is 64.3 Å². The first-order chi connectivity index (χ1) is 43.5. The predicted molar refractivity (Wildman–Crippen MR) is 394 cm³/mol. The predicted octanol–water partition coefficient (Wildman–Crippen LogP) is 19.3. The van der Waals surface area contributed by atoms with Crippen LogP contribution in [0, 0.1) is 0 Å². The topological polar surface area (TPSA) is 106 Å². The fourth-order valence-electron chi connectivity index (χ4n) is 6.84. The zero-order chi connectivity index (χ0) is 61.5. The highest BCUT2D eigenvalue weighted by Crippen LogP contribution is 2.14. The van der Waals surface area contributed by atoms with Gasteiger partial charge in [-0.25, -0.2) is 0 Å². The van der Waals surface area contributed by atoms with Crippen LogP contribution in [0.4, 0.5) is 0 Å². The van der Waals surface area contributed by atoms with Crippen LogP contribution in [0.15, 0.2) is 217 Å². The molecule has 0 atom stereocenters. The third-order valence-corrected chi connectivity index (χ3v) is 15.8. The number of nitrogens with one attached hydrogen (secondary N) is 5. The third-order valence-electron chi connectivity index (χ3n) is 11.5. The van der Waals surface area contributed by atoms with E-state index in [1.54, 1.807) is 43.1 Å². The van der Waals surface area contributed by atoms with Crippen molar-refractivity contribution in [2.75, 3.05) is 94.5 Å². The van der Waals surface area contributed by atoms with Crippen molar-refractivity contribution in [1.82, 2.24) is 26.6 Å². The molecule has 5 N–H and O–H groups in total. The summed E-state index contributed by atoms with van der Waals surface area (Å²) in [5.41, 5.74) is 0. The van der Waals surface area contributed by atoms with Crippen molar-refractivity contribution in [2.24, 2.45) is 0 Å². The molecule has 15 rings (SSSR count). The summed E-state index contributed by atoms with van der Waals surface area (Å²) in [6.45, 7) is 10.1. The minimum absolute atomic E-state index is 0.819. The Morgan fingerprint density at radius 2 is 0.828 bits per heavy atom. The number of thioether (sulfide) groups is 5. The maximum atomic E-state index is 4.98. The van der Waals surface area contributed by atoms with Crippen LogP contribution in [-0.4, -0.2) is 94.5 Å². The summed E-state index contributed by atoms with van der Waals surface area (Å²) < 4.78 is 24.2. The van der Waals surface area contributed by atoms with Crippen molar-refractivity contribution in [3.05, 3.63) is 217 Å². The molecule has 0 unspecified atom stereocenters. The Bertz CT molecular complexity index is 1510. The summed E-state index contributed by atoms with van der Waals surface area (Å²) in [7, 11) is 0. The van der Waals surface area contributed by atoms with Gasteiger partial charge >= 0.3 is 0 Å². The fraction of sp³-hybridized carbons (Fsp3) is 0.500. The first-order valence-electron chi connectivity index (χ1n) is 32.0. The maximum Gasteiger partial charge on any atom is 0.0908 e. The molecule has 0 amide bonds. The van der Waals surface area contributed by atoms with Gasteiger partial charge in [-0.05, 0) is 241 Å². The van der Waals surface area contributed by atoms with E-state index in [9.17, 15) is 0 Å². The average Bonchev–Trinajstić information content (AvgIpc) is 4.56. The second kappa shape index (κ2) is 77.5. The highest BCUT2D eigenvalue weighted by atomic mass is 32.2. The van der Waals surface area contributed by atoms with Crippen molar-refractivity contribution in [3.8, 4) is 0 Å². The van der Waals surface area contributed by atoms with E-state index in [0.29, 0.717) is 0 Å². The van der Waals surface area contributed by atoms with E-state index in [4.69, 9.17) is 23.7 Å². The van der Waals surface area contributed by atoms with E-state index >= 15 is 0 Å². The Hall–Kier alpha value is -4.61. The summed E-state index contributed by atoms with van der Waals surface area (Å²) >= 11 is 9.46. The summed E-state index contributed by atoms with van der Waals surface area (Å²) in [6, 6.07) is 0. The summed E-state index contributed by atoms with van der Waals surface area (Å²) in [5.74, 6) is 6.53. The van der Waals surface area contributed by atoms with Gasteiger partial charge in [-0.15, -0.1) is 47.0 Å². The van der Waals surface area contributed by atoms with Crippen molar-refractivity contribution < 1.29 is 23.7 Å². The van der Waals surface area contributed by atoms with E-state index in [1.807, 2.05) is 115 Å². The Kier molecular flexibility index (Phi) is 71.6. The Morgan fingerprint density at radius 1 is 0.310 bits per heavy atom. The molecule has 15 heterocycles. The van der Waals surface area contributed by atoms with Gasteiger partial charge in [0.15, 0.2) is 0 Å². The Balaban J connectivity index is 0.000000466. The minimum Gasteiger partial charge on any atom is -0.502 e. The molecule has 0 spiro atoms. The van der Waals surface area contributed by atoms with Crippen molar-refractivity contribution in [3.63, 3.8) is 0 Å². The highest BCUT2D eigenvalue weighted by molar-refractivity contribution is 8.05. The molecule has 15 heteroatoms. The fourth-order valence-corrected chi connectivity index (χ4v) is 10.3. The summed E-state index contributed by atoms with van der Waals surface area (Å²) in [4.78, 5) is 0. The molecule has 15 aliphatic heterocycles. The van der Waals surface area contributed by atoms with Gasteiger partial charge < -0.3 is 50.3 Å². The molecular formula is C72H113N5O5S5. The van der Waals surface area contributed by atoms with E-state index < -0.39 is 0 Å². The number of hydrogen-bond donors (Lipinski definition) is 5. The molecule has 0 aromatic rings. The van der Waals surface area contributed by atoms with Crippen molar-refractivity contribution in [1.29, 1.82) is 0 Å². The smallest absolute Gasteiger partial charge is 0.0908 e. The molecule has 15 aliphatic rings. The first-order valence-corrected chi connectivity index (χ1v) is 37.3. The minimum atomic E-state index is 0.819. The number of dihydropyridines is 1. The van der Waals surface area contributed by atoms with Gasteiger partial charge in [-0.3, -0.25) is 0 Å². The molecule has 0 saturated carbocycles. The van der Waals surface area contributed by atoms with Gasteiger partial charge in [0, 0.05) is 44.1 Å². The zero-order valence-corrected chi connectivity index (χ0v) is 56.9. The SMILES string of the molecule is C1=CCNCC1.C1=CCOCC1.C1=CCSCC1.C1=CNC=CC1.C1=CNCC1.C1=CNCCC1.C1=CNCCC1.C1=COC=CC1.C1=COCC1.C1=COCCC1.C1=COCCC1.C1=CSC=CC1.C1=CSCC1.C1=CSCCC1.C1=CSCCC1. The molecule has 0 fully saturated rings. The average molecular weight is 1290 g/mol. The second-order valence-corrected chi connectivity index (χ2v) is 24.3. The van der Waals surface area contributed by atoms with E-state index in [-0.39, 0.29) is 0 Å². The Morgan fingerprint density at radius 3 is 0.966 bits per heavy atom. The number of allylic oxidation sites excluding steroid dienone is 14. The molecule has 0 aliphatic carbocycles. The van der Waals surface area contributed by atoms with Gasteiger partial charge in [0.25, 0.3) is 0 Å². The Labute approximate surface area is 551 Å². The van der Waals surface area contributed by atoms with Crippen LogP contribution in [0.3, 0.4) is 0 Å². The molecule has 0 bridgehead atoms. The normalized spacial score (nSPS) is 20.0. The van der Waals surface area contributed by atoms with Gasteiger partial charge in [-0.2, -0.15) is 11.8 Å². The lowest BCUT2D eigenvalue weighted by atomic mass is 10.2. The van der Waals surface area contributed by atoms with Crippen LogP contribution in [0.1, 0.15) is 135 Å². The quantitative estimate of drug-likeness (QED) is 0.149. The van der Waals surface area contributed by atoms with E-state index in [0.717, 1.165) is 97.9 Å². The van der Waals surface area contributed by atoms with Crippen LogP contribution in [0.2, 0.25) is 0 Å². The van der Waals surface area contributed by atoms with Gasteiger partial charge in [0.1, 0.15) is 0 Å². The molecule has 0 saturated heterocycles. The lowest BCUT2D eigenvalue weighted by molar-refractivity contribution is 0.158. The van der Waals surface area contributed by atoms with Crippen LogP contribution in [0.25, 0.3) is 0 Å². The summed E-state index contributed by atoms with van der Waals surface area (Å²) in [6.07, 6.45) is 88.7. The van der Waals surface area contributed by atoms with Crippen LogP contribution < -0.4 is 26.6 Å². The lowest BCUT2D eigenvalue weighted by Crippen LogP contribution is -2.17. The molecule has 0 radical (unpaired) electrons. The standard InChI is InChI=1S/3C5H9N.C5H7N.3C5H8O.C5H6O.3C5H8S.C5H6S.C4H7N.C4H6O.C4H6S/c12*1-2-4-6-5-3-1;3*1-2-4-5-3-1/h2*2,4,6H,1,3,5H2;1-2,6H,3-5H2;2-6H,1H2;2*2,4H,1,3,5H2;1-2H,3-5H2;2-5H,1H2;2*2,4H,1,3,5H2;1-2H,3-5H2;2-5H,1H2;1,3,5H,2,4H2;2*1,3H,2,4H2. The number of ether oxygens (including phenoxy) is 5. The van der Waals surface area contributed by atoms with Crippen LogP contribution in [-0.2, 0) is 23.7 Å². The summed E-state index contributed by atoms with van der Waals surface area (Å²) in [5, 5.41) is 26.1. The van der Waals surface area contributed by atoms with Crippen LogP contribution >= 0.6 is 58.8 Å². The third kappa shape index (κ3) is 75.6. The monoisotopic (exact) mass is 1290 g/mol. The van der Waals surface area contributed by atoms with Gasteiger partial charge in [-0.1, -0.05) is 97.2 Å². The van der Waals surface area contributed by atoms with E-state index in [2.05, 4.69) is 145 Å². The van der Waals surface area contributed by atoms with Crippen molar-refractivity contribution >= 4 is 58.8 Å². The molecule has 0 aromatic carbocycles. The molecule has 87 heavy (non-hydrogen) atoms. The largest absolute Gasteiger partial charge is 0.502 e.